The molecule has 0 rings (SSSR count). The number of aliphatic hydroxyl groups excluding tert-OH is 2. The lowest BCUT2D eigenvalue weighted by molar-refractivity contribution is -0.161. The Morgan fingerprint density at radius 3 is 1.48 bits per heavy atom. The molecule has 0 heterocycles. The number of ether oxygens (including phenoxy) is 2. The minimum atomic E-state index is -4.59. The monoisotopic (exact) mass is 624 g/mol. The second kappa shape index (κ2) is 28.7. The topological polar surface area (TPSA) is 149 Å². The summed E-state index contributed by atoms with van der Waals surface area (Å²) < 4.78 is 32.3. The van der Waals surface area contributed by atoms with E-state index in [0.717, 1.165) is 44.9 Å². The summed E-state index contributed by atoms with van der Waals surface area (Å²) in [5.41, 5.74) is 0. The van der Waals surface area contributed by atoms with Crippen LogP contribution in [-0.2, 0) is 32.7 Å². The highest BCUT2D eigenvalue weighted by Crippen LogP contribution is 2.43. The maximum atomic E-state index is 12.4. The molecule has 3 N–H and O–H groups in total. The van der Waals surface area contributed by atoms with E-state index in [1.54, 1.807) is 0 Å². The lowest BCUT2D eigenvalue weighted by Gasteiger charge is -2.20. The van der Waals surface area contributed by atoms with Crippen molar-refractivity contribution in [2.45, 2.75) is 161 Å². The molecule has 250 valence electrons. The van der Waals surface area contributed by atoms with E-state index in [1.165, 1.54) is 64.2 Å². The molecule has 0 aromatic heterocycles. The van der Waals surface area contributed by atoms with Crippen molar-refractivity contribution in [3.63, 3.8) is 0 Å². The minimum absolute atomic E-state index is 0.190. The Hall–Kier alpha value is -1.03. The van der Waals surface area contributed by atoms with Crippen molar-refractivity contribution >= 4 is 19.8 Å². The number of carbonyl (C=O) groups is 2. The fourth-order valence-electron chi connectivity index (χ4n) is 4.40. The second-order valence-corrected chi connectivity index (χ2v) is 12.7. The lowest BCUT2D eigenvalue weighted by Crippen LogP contribution is -2.29. The molecular formula is C31H61O10P. The molecule has 1 unspecified atom stereocenters. The summed E-state index contributed by atoms with van der Waals surface area (Å²) in [4.78, 5) is 34.4. The van der Waals surface area contributed by atoms with Gasteiger partial charge in [0.1, 0.15) is 12.7 Å². The predicted molar refractivity (Wildman–Crippen MR) is 164 cm³/mol. The van der Waals surface area contributed by atoms with Gasteiger partial charge in [-0.05, 0) is 12.8 Å². The van der Waals surface area contributed by atoms with Gasteiger partial charge in [-0.3, -0.25) is 18.6 Å². The van der Waals surface area contributed by atoms with Gasteiger partial charge in [-0.25, -0.2) is 4.57 Å². The summed E-state index contributed by atoms with van der Waals surface area (Å²) >= 11 is 0. The molecule has 0 aliphatic heterocycles. The van der Waals surface area contributed by atoms with Gasteiger partial charge in [-0.1, -0.05) is 123 Å². The molecule has 0 aliphatic rings. The number of aliphatic hydroxyl groups is 2. The zero-order valence-electron chi connectivity index (χ0n) is 26.5. The summed E-state index contributed by atoms with van der Waals surface area (Å²) in [5.74, 6) is -0.930. The predicted octanol–water partition coefficient (Wildman–Crippen LogP) is 7.16. The molecule has 0 spiro atoms. The third kappa shape index (κ3) is 27.8. The van der Waals surface area contributed by atoms with Gasteiger partial charge in [0.2, 0.25) is 0 Å². The summed E-state index contributed by atoms with van der Waals surface area (Å²) in [6.45, 7) is 2.28. The maximum absolute atomic E-state index is 12.4. The molecule has 3 atom stereocenters. The van der Waals surface area contributed by atoms with Gasteiger partial charge >= 0.3 is 19.8 Å². The van der Waals surface area contributed by atoms with Crippen LogP contribution in [0.3, 0.4) is 0 Å². The lowest BCUT2D eigenvalue weighted by atomic mass is 10.0. The van der Waals surface area contributed by atoms with Crippen LogP contribution in [0.25, 0.3) is 0 Å². The highest BCUT2D eigenvalue weighted by molar-refractivity contribution is 7.47. The van der Waals surface area contributed by atoms with Crippen LogP contribution in [0.4, 0.5) is 0 Å². The zero-order chi connectivity index (χ0) is 31.3. The van der Waals surface area contributed by atoms with Gasteiger partial charge in [0.15, 0.2) is 6.10 Å². The Morgan fingerprint density at radius 1 is 0.619 bits per heavy atom. The number of hydrogen-bond acceptors (Lipinski definition) is 9. The third-order valence-corrected chi connectivity index (χ3v) is 7.96. The summed E-state index contributed by atoms with van der Waals surface area (Å²) in [5, 5.41) is 18.2. The largest absolute Gasteiger partial charge is 0.472 e. The van der Waals surface area contributed by atoms with Crippen LogP contribution in [0.15, 0.2) is 0 Å². The first-order valence-corrected chi connectivity index (χ1v) is 18.0. The fraction of sp³-hybridized carbons (Fsp3) is 0.935. The number of unbranched alkanes of at least 4 members (excludes halogenated alkanes) is 17. The molecule has 42 heavy (non-hydrogen) atoms. The molecular weight excluding hydrogens is 563 g/mol. The van der Waals surface area contributed by atoms with Crippen molar-refractivity contribution in [3.8, 4) is 0 Å². The molecule has 0 bridgehead atoms. The summed E-state index contributed by atoms with van der Waals surface area (Å²) in [6, 6.07) is 0. The second-order valence-electron chi connectivity index (χ2n) is 11.2. The van der Waals surface area contributed by atoms with E-state index in [1.807, 2.05) is 0 Å². The van der Waals surface area contributed by atoms with Crippen molar-refractivity contribution in [2.75, 3.05) is 26.4 Å². The Labute approximate surface area is 254 Å². The van der Waals surface area contributed by atoms with Gasteiger partial charge in [-0.2, -0.15) is 0 Å². The molecule has 0 aromatic rings. The van der Waals surface area contributed by atoms with Crippen LogP contribution in [0.2, 0.25) is 0 Å². The van der Waals surface area contributed by atoms with Crippen molar-refractivity contribution in [3.05, 3.63) is 0 Å². The fourth-order valence-corrected chi connectivity index (χ4v) is 5.19. The highest BCUT2D eigenvalue weighted by atomic mass is 31.2. The Kier molecular flexibility index (Phi) is 28.0. The first-order valence-electron chi connectivity index (χ1n) is 16.5. The molecule has 0 fully saturated rings. The molecule has 0 saturated heterocycles. The summed E-state index contributed by atoms with van der Waals surface area (Å²) in [6.07, 6.45) is 19.7. The molecule has 0 saturated carbocycles. The third-order valence-electron chi connectivity index (χ3n) is 7.01. The van der Waals surface area contributed by atoms with E-state index < -0.39 is 51.8 Å². The highest BCUT2D eigenvalue weighted by Gasteiger charge is 2.27. The zero-order valence-corrected chi connectivity index (χ0v) is 27.4. The number of esters is 2. The first-order chi connectivity index (χ1) is 20.2. The number of hydrogen-bond donors (Lipinski definition) is 3. The van der Waals surface area contributed by atoms with E-state index in [-0.39, 0.29) is 19.4 Å². The SMILES string of the molecule is CCCCCCCCCCCCCCCC(=O)O[C@H](COC(=O)CCCCCCCC)COP(=O)(O)OC[C@@H](O)CO. The number of phosphoric acid groups is 1. The van der Waals surface area contributed by atoms with Crippen molar-refractivity contribution in [1.82, 2.24) is 0 Å². The minimum Gasteiger partial charge on any atom is -0.462 e. The quantitative estimate of drug-likeness (QED) is 0.0412. The van der Waals surface area contributed by atoms with Crippen molar-refractivity contribution in [1.29, 1.82) is 0 Å². The smallest absolute Gasteiger partial charge is 0.462 e. The summed E-state index contributed by atoms with van der Waals surface area (Å²) in [7, 11) is -4.59. The van der Waals surface area contributed by atoms with Crippen LogP contribution in [0, 0.1) is 0 Å². The van der Waals surface area contributed by atoms with Gasteiger partial charge in [0.25, 0.3) is 0 Å². The Balaban J connectivity index is 4.37. The Morgan fingerprint density at radius 2 is 1.02 bits per heavy atom. The number of phosphoric ester groups is 1. The van der Waals surface area contributed by atoms with Gasteiger partial charge in [0, 0.05) is 12.8 Å². The van der Waals surface area contributed by atoms with E-state index in [0.29, 0.717) is 12.8 Å². The van der Waals surface area contributed by atoms with Crippen LogP contribution in [0.1, 0.15) is 149 Å². The molecule has 11 heteroatoms. The normalized spacial score (nSPS) is 14.3. The van der Waals surface area contributed by atoms with Crippen molar-refractivity contribution in [2.24, 2.45) is 0 Å². The van der Waals surface area contributed by atoms with Gasteiger partial charge in [-0.15, -0.1) is 0 Å². The van der Waals surface area contributed by atoms with Gasteiger partial charge < -0.3 is 24.6 Å². The van der Waals surface area contributed by atoms with Crippen LogP contribution >= 0.6 is 7.82 Å². The van der Waals surface area contributed by atoms with Crippen LogP contribution in [-0.4, -0.2) is 65.7 Å². The van der Waals surface area contributed by atoms with E-state index >= 15 is 0 Å². The van der Waals surface area contributed by atoms with Gasteiger partial charge in [0.05, 0.1) is 19.8 Å². The average molecular weight is 625 g/mol. The molecule has 0 aliphatic carbocycles. The Bertz CT molecular complexity index is 691. The number of carbonyl (C=O) groups excluding carboxylic acids is 2. The average Bonchev–Trinajstić information content (AvgIpc) is 2.97. The number of rotatable bonds is 31. The molecule has 10 nitrogen and oxygen atoms in total. The van der Waals surface area contributed by atoms with Crippen LogP contribution in [0.5, 0.6) is 0 Å². The van der Waals surface area contributed by atoms with E-state index in [2.05, 4.69) is 18.4 Å². The maximum Gasteiger partial charge on any atom is 0.472 e. The standard InChI is InChI=1S/C31H61O10P/c1-3-5-7-9-11-12-13-14-15-16-17-19-21-23-31(35)41-29(27-40-42(36,37)39-25-28(33)24-32)26-38-30(34)22-20-18-10-8-6-4-2/h28-29,32-33H,3-27H2,1-2H3,(H,36,37)/t28-,29+/m0/s1. The molecule has 0 aromatic carbocycles. The molecule has 0 amide bonds. The van der Waals surface area contributed by atoms with Crippen LogP contribution < -0.4 is 0 Å². The first kappa shape index (κ1) is 41.0. The van der Waals surface area contributed by atoms with E-state index in [9.17, 15) is 24.2 Å². The molecule has 0 radical (unpaired) electrons. The van der Waals surface area contributed by atoms with E-state index in [4.69, 9.17) is 19.1 Å². The van der Waals surface area contributed by atoms with Crippen molar-refractivity contribution < 1.29 is 47.8 Å².